The van der Waals surface area contributed by atoms with Gasteiger partial charge in [0.05, 0.1) is 4.47 Å². The molecule has 1 aromatic rings. The molecule has 0 spiro atoms. The first-order valence-electron chi connectivity index (χ1n) is 3.58. The maximum absolute atomic E-state index is 12.7. The molecule has 0 atom stereocenters. The molecule has 0 fully saturated rings. The molecule has 7 heteroatoms. The number of rotatable bonds is 3. The number of hydrogen-bond acceptors (Lipinski definition) is 2. The van der Waals surface area contributed by atoms with E-state index >= 15 is 0 Å². The summed E-state index contributed by atoms with van der Waals surface area (Å²) in [5.41, 5.74) is 0. The van der Waals surface area contributed by atoms with Gasteiger partial charge in [-0.25, -0.2) is 9.18 Å². The number of halogens is 4. The molecule has 0 aliphatic heterocycles. The highest BCUT2D eigenvalue weighted by Crippen LogP contribution is 2.26. The normalized spacial score (nSPS) is 11.2. The molecule has 15 heavy (non-hydrogen) atoms. The van der Waals surface area contributed by atoms with Crippen LogP contribution in [0.2, 0.25) is 0 Å². The van der Waals surface area contributed by atoms with Gasteiger partial charge in [0.25, 0.3) is 0 Å². The van der Waals surface area contributed by atoms with E-state index in [9.17, 15) is 18.0 Å². The van der Waals surface area contributed by atoms with Crippen molar-refractivity contribution in [3.05, 3.63) is 28.5 Å². The van der Waals surface area contributed by atoms with E-state index in [2.05, 4.69) is 20.7 Å². The average molecular weight is 285 g/mol. The lowest BCUT2D eigenvalue weighted by molar-refractivity contribution is -0.210. The summed E-state index contributed by atoms with van der Waals surface area (Å²) in [4.78, 5) is 10.0. The number of carboxylic acids is 1. The fourth-order valence-electron chi connectivity index (χ4n) is 0.732. The molecule has 3 nitrogen and oxygen atoms in total. The van der Waals surface area contributed by atoms with Crippen LogP contribution in [-0.2, 0) is 4.79 Å². The van der Waals surface area contributed by atoms with Gasteiger partial charge in [0.1, 0.15) is 11.6 Å². The van der Waals surface area contributed by atoms with Crippen molar-refractivity contribution in [3.8, 4) is 5.75 Å². The van der Waals surface area contributed by atoms with Gasteiger partial charge in [-0.05, 0) is 34.1 Å². The third-order valence-electron chi connectivity index (χ3n) is 1.39. The Morgan fingerprint density at radius 2 is 2.07 bits per heavy atom. The molecule has 1 rings (SSSR count). The fraction of sp³-hybridized carbons (Fsp3) is 0.125. The Bertz CT molecular complexity index is 395. The molecule has 0 amide bonds. The van der Waals surface area contributed by atoms with Gasteiger partial charge < -0.3 is 9.84 Å². The summed E-state index contributed by atoms with van der Waals surface area (Å²) in [6.45, 7) is 0. The first-order chi connectivity index (χ1) is 6.83. The maximum atomic E-state index is 12.7. The van der Waals surface area contributed by atoms with Crippen LogP contribution in [0.4, 0.5) is 13.2 Å². The first-order valence-corrected chi connectivity index (χ1v) is 4.37. The Morgan fingerprint density at radius 3 is 2.53 bits per heavy atom. The Labute approximate surface area is 90.6 Å². The molecule has 0 bridgehead atoms. The quantitative estimate of drug-likeness (QED) is 0.928. The standard InChI is InChI=1S/C8H4BrF3O3/c9-5-3-4(1-2-6(5)10)15-8(11,12)7(13)14/h1-3H,(H,13,14). The molecule has 0 saturated heterocycles. The van der Waals surface area contributed by atoms with Crippen LogP contribution in [0, 0.1) is 5.82 Å². The van der Waals surface area contributed by atoms with Gasteiger partial charge in [0.2, 0.25) is 0 Å². The fourth-order valence-corrected chi connectivity index (χ4v) is 1.09. The summed E-state index contributed by atoms with van der Waals surface area (Å²) in [6, 6.07) is 2.68. The average Bonchev–Trinajstić information content (AvgIpc) is 2.10. The Morgan fingerprint density at radius 1 is 1.47 bits per heavy atom. The number of alkyl halides is 2. The van der Waals surface area contributed by atoms with Crippen molar-refractivity contribution in [2.75, 3.05) is 0 Å². The molecule has 0 radical (unpaired) electrons. The molecule has 0 aliphatic rings. The van der Waals surface area contributed by atoms with Crippen LogP contribution < -0.4 is 4.74 Å². The van der Waals surface area contributed by atoms with Gasteiger partial charge in [-0.15, -0.1) is 0 Å². The van der Waals surface area contributed by atoms with E-state index in [1.54, 1.807) is 0 Å². The van der Waals surface area contributed by atoms with Crippen LogP contribution >= 0.6 is 15.9 Å². The summed E-state index contributed by atoms with van der Waals surface area (Å²) < 4.78 is 41.5. The van der Waals surface area contributed by atoms with Crippen LogP contribution in [0.15, 0.2) is 22.7 Å². The minimum atomic E-state index is -4.34. The molecule has 0 saturated carbocycles. The van der Waals surface area contributed by atoms with E-state index in [-0.39, 0.29) is 4.47 Å². The van der Waals surface area contributed by atoms with Crippen LogP contribution in [0.1, 0.15) is 0 Å². The molecular formula is C8H4BrF3O3. The second kappa shape index (κ2) is 4.09. The van der Waals surface area contributed by atoms with E-state index in [1.807, 2.05) is 0 Å². The predicted octanol–water partition coefficient (Wildman–Crippen LogP) is 2.64. The van der Waals surface area contributed by atoms with Crippen LogP contribution in [0.25, 0.3) is 0 Å². The Hall–Kier alpha value is -1.24. The van der Waals surface area contributed by atoms with Crippen molar-refractivity contribution in [2.24, 2.45) is 0 Å². The summed E-state index contributed by atoms with van der Waals surface area (Å²) in [6.07, 6.45) is -4.34. The lowest BCUT2D eigenvalue weighted by Crippen LogP contribution is -2.34. The molecule has 0 heterocycles. The number of carboxylic acid groups (broad SMARTS) is 1. The summed E-state index contributed by atoms with van der Waals surface area (Å²) >= 11 is 2.74. The Balaban J connectivity index is 2.91. The topological polar surface area (TPSA) is 46.5 Å². The zero-order chi connectivity index (χ0) is 11.6. The van der Waals surface area contributed by atoms with E-state index in [1.165, 1.54) is 0 Å². The zero-order valence-corrected chi connectivity index (χ0v) is 8.59. The second-order valence-corrected chi connectivity index (χ2v) is 3.35. The molecule has 0 aromatic heterocycles. The molecule has 0 aliphatic carbocycles. The minimum absolute atomic E-state index is 0.0961. The van der Waals surface area contributed by atoms with Gasteiger partial charge in [-0.2, -0.15) is 8.78 Å². The predicted molar refractivity (Wildman–Crippen MR) is 47.3 cm³/mol. The largest absolute Gasteiger partial charge is 0.501 e. The van der Waals surface area contributed by atoms with Gasteiger partial charge in [-0.3, -0.25) is 0 Å². The van der Waals surface area contributed by atoms with E-state index in [0.29, 0.717) is 0 Å². The lowest BCUT2D eigenvalue weighted by atomic mass is 10.3. The third kappa shape index (κ3) is 2.85. The number of aliphatic carboxylic acids is 1. The van der Waals surface area contributed by atoms with E-state index < -0.39 is 23.6 Å². The maximum Gasteiger partial charge on any atom is 0.501 e. The highest BCUT2D eigenvalue weighted by atomic mass is 79.9. The molecule has 1 N–H and O–H groups in total. The van der Waals surface area contributed by atoms with E-state index in [4.69, 9.17) is 5.11 Å². The highest BCUT2D eigenvalue weighted by molar-refractivity contribution is 9.10. The lowest BCUT2D eigenvalue weighted by Gasteiger charge is -2.13. The number of benzene rings is 1. The molecule has 82 valence electrons. The summed E-state index contributed by atoms with van der Waals surface area (Å²) in [5, 5.41) is 8.07. The van der Waals surface area contributed by atoms with Crippen molar-refractivity contribution in [2.45, 2.75) is 6.11 Å². The number of ether oxygens (including phenoxy) is 1. The number of hydrogen-bond donors (Lipinski definition) is 1. The summed E-state index contributed by atoms with van der Waals surface area (Å²) in [7, 11) is 0. The third-order valence-corrected chi connectivity index (χ3v) is 1.99. The van der Waals surface area contributed by atoms with Crippen molar-refractivity contribution in [1.82, 2.24) is 0 Å². The number of carbonyl (C=O) groups is 1. The van der Waals surface area contributed by atoms with Crippen molar-refractivity contribution >= 4 is 21.9 Å². The molecular weight excluding hydrogens is 281 g/mol. The monoisotopic (exact) mass is 284 g/mol. The minimum Gasteiger partial charge on any atom is -0.474 e. The van der Waals surface area contributed by atoms with Crippen LogP contribution in [0.5, 0.6) is 5.75 Å². The highest BCUT2D eigenvalue weighted by Gasteiger charge is 2.42. The van der Waals surface area contributed by atoms with Gasteiger partial charge in [0.15, 0.2) is 0 Å². The zero-order valence-electron chi connectivity index (χ0n) is 7.01. The van der Waals surface area contributed by atoms with Crippen molar-refractivity contribution in [1.29, 1.82) is 0 Å². The summed E-state index contributed by atoms with van der Waals surface area (Å²) in [5.74, 6) is -3.53. The van der Waals surface area contributed by atoms with Crippen molar-refractivity contribution < 1.29 is 27.8 Å². The van der Waals surface area contributed by atoms with Gasteiger partial charge in [0, 0.05) is 0 Å². The van der Waals surface area contributed by atoms with Gasteiger partial charge in [-0.1, -0.05) is 0 Å². The smallest absolute Gasteiger partial charge is 0.474 e. The van der Waals surface area contributed by atoms with Crippen LogP contribution in [-0.4, -0.2) is 17.2 Å². The SMILES string of the molecule is O=C(O)C(F)(F)Oc1ccc(F)c(Br)c1. The molecule has 0 unspecified atom stereocenters. The van der Waals surface area contributed by atoms with Gasteiger partial charge >= 0.3 is 12.1 Å². The van der Waals surface area contributed by atoms with Crippen molar-refractivity contribution in [3.63, 3.8) is 0 Å². The van der Waals surface area contributed by atoms with Crippen LogP contribution in [0.3, 0.4) is 0 Å². The Kier molecular flexibility index (Phi) is 3.23. The first kappa shape index (κ1) is 11.8. The van der Waals surface area contributed by atoms with E-state index in [0.717, 1.165) is 18.2 Å². The molecule has 1 aromatic carbocycles. The second-order valence-electron chi connectivity index (χ2n) is 2.50.